The molecule has 0 aliphatic heterocycles. The molecule has 0 fully saturated rings. The fraction of sp³-hybridized carbons (Fsp3) is 0.211. The second-order valence-corrected chi connectivity index (χ2v) is 5.95. The Bertz CT molecular complexity index is 862. The third kappa shape index (κ3) is 5.83. The molecule has 0 saturated carbocycles. The van der Waals surface area contributed by atoms with Crippen molar-refractivity contribution in [1.29, 1.82) is 0 Å². The highest BCUT2D eigenvalue weighted by Crippen LogP contribution is 2.29. The number of carbonyl (C=O) groups excluding carboxylic acids is 3. The molecule has 3 N–H and O–H groups in total. The minimum Gasteiger partial charge on any atom is -0.427 e. The second-order valence-electron chi connectivity index (χ2n) is 5.95. The van der Waals surface area contributed by atoms with E-state index >= 15 is 0 Å². The van der Waals surface area contributed by atoms with E-state index in [1.54, 1.807) is 0 Å². The van der Waals surface area contributed by atoms with Crippen molar-refractivity contribution in [1.82, 2.24) is 5.32 Å². The predicted molar refractivity (Wildman–Crippen MR) is 93.3 cm³/mol. The van der Waals surface area contributed by atoms with Crippen molar-refractivity contribution < 1.29 is 32.3 Å². The summed E-state index contributed by atoms with van der Waals surface area (Å²) in [6.07, 6.45) is -4.53. The van der Waals surface area contributed by atoms with Gasteiger partial charge in [-0.05, 0) is 42.0 Å². The fourth-order valence-corrected chi connectivity index (χ4v) is 2.37. The number of primary amides is 1. The molecule has 0 aliphatic carbocycles. The number of hydrogen-bond acceptors (Lipinski definition) is 4. The van der Waals surface area contributed by atoms with Crippen LogP contribution < -0.4 is 15.8 Å². The molecule has 0 bridgehead atoms. The van der Waals surface area contributed by atoms with Crippen LogP contribution in [0.3, 0.4) is 0 Å². The van der Waals surface area contributed by atoms with Gasteiger partial charge in [0, 0.05) is 18.9 Å². The molecule has 28 heavy (non-hydrogen) atoms. The van der Waals surface area contributed by atoms with Crippen LogP contribution in [0, 0.1) is 0 Å². The Kier molecular flexibility index (Phi) is 6.40. The highest BCUT2D eigenvalue weighted by atomic mass is 19.4. The number of benzene rings is 2. The summed E-state index contributed by atoms with van der Waals surface area (Å²) in [5.74, 6) is -1.70. The van der Waals surface area contributed by atoms with Crippen LogP contribution in [0.15, 0.2) is 48.5 Å². The quantitative estimate of drug-likeness (QED) is 0.581. The van der Waals surface area contributed by atoms with Crippen molar-refractivity contribution in [2.45, 2.75) is 25.6 Å². The fourth-order valence-electron chi connectivity index (χ4n) is 2.37. The first-order chi connectivity index (χ1) is 13.1. The van der Waals surface area contributed by atoms with Crippen LogP contribution in [0.2, 0.25) is 0 Å². The van der Waals surface area contributed by atoms with E-state index in [9.17, 15) is 27.6 Å². The molecule has 6 nitrogen and oxygen atoms in total. The summed E-state index contributed by atoms with van der Waals surface area (Å²) in [6.45, 7) is 1.24. The van der Waals surface area contributed by atoms with Gasteiger partial charge in [0.2, 0.25) is 5.91 Å². The van der Waals surface area contributed by atoms with Gasteiger partial charge >= 0.3 is 12.1 Å². The van der Waals surface area contributed by atoms with E-state index in [1.807, 2.05) is 0 Å². The van der Waals surface area contributed by atoms with Crippen LogP contribution in [0.25, 0.3) is 0 Å². The summed E-state index contributed by atoms with van der Waals surface area (Å²) in [5.41, 5.74) is 5.08. The van der Waals surface area contributed by atoms with Crippen LogP contribution in [0.4, 0.5) is 13.2 Å². The average Bonchev–Trinajstić information content (AvgIpc) is 2.60. The zero-order chi connectivity index (χ0) is 20.9. The molecule has 148 valence electrons. The molecular weight excluding hydrogens is 377 g/mol. The third-order valence-corrected chi connectivity index (χ3v) is 3.75. The maximum absolute atomic E-state index is 12.6. The normalized spacial score (nSPS) is 12.1. The van der Waals surface area contributed by atoms with Gasteiger partial charge in [0.15, 0.2) is 0 Å². The van der Waals surface area contributed by atoms with E-state index in [0.717, 1.165) is 12.1 Å². The lowest BCUT2D eigenvalue weighted by Crippen LogP contribution is -2.45. The van der Waals surface area contributed by atoms with Crippen LogP contribution in [0.1, 0.15) is 28.4 Å². The second kappa shape index (κ2) is 8.55. The van der Waals surface area contributed by atoms with Gasteiger partial charge in [0.1, 0.15) is 11.8 Å². The summed E-state index contributed by atoms with van der Waals surface area (Å²) in [6, 6.07) is 8.71. The molecule has 2 aromatic rings. The zero-order valence-electron chi connectivity index (χ0n) is 14.7. The van der Waals surface area contributed by atoms with Gasteiger partial charge in [-0.3, -0.25) is 14.4 Å². The largest absolute Gasteiger partial charge is 0.427 e. The lowest BCUT2D eigenvalue weighted by molar-refractivity contribution is -0.137. The standard InChI is InChI=1S/C19H17F3N2O4/c1-11(25)28-15-8-4-13(5-9-15)18(27)24-16(17(23)26)10-12-2-6-14(7-3-12)19(20,21)22/h2-9,16H,10H2,1H3,(H2,23,26)(H,24,27)/t16-/m1/s1. The number of hydrogen-bond donors (Lipinski definition) is 2. The molecule has 2 rings (SSSR count). The van der Waals surface area contributed by atoms with Crippen molar-refractivity contribution in [2.24, 2.45) is 5.73 Å². The Morgan fingerprint density at radius 2 is 1.61 bits per heavy atom. The van der Waals surface area contributed by atoms with Crippen molar-refractivity contribution in [2.75, 3.05) is 0 Å². The monoisotopic (exact) mass is 394 g/mol. The van der Waals surface area contributed by atoms with Crippen molar-refractivity contribution >= 4 is 17.8 Å². The molecule has 1 atom stereocenters. The topological polar surface area (TPSA) is 98.5 Å². The maximum atomic E-state index is 12.6. The van der Waals surface area contributed by atoms with Crippen LogP contribution in [-0.2, 0) is 22.2 Å². The highest BCUT2D eigenvalue weighted by molar-refractivity contribution is 5.97. The number of esters is 1. The van der Waals surface area contributed by atoms with E-state index in [1.165, 1.54) is 43.3 Å². The third-order valence-electron chi connectivity index (χ3n) is 3.75. The van der Waals surface area contributed by atoms with Gasteiger partial charge in [0.25, 0.3) is 5.91 Å². The molecule has 0 aromatic heterocycles. The van der Waals surface area contributed by atoms with Gasteiger partial charge in [0.05, 0.1) is 5.56 Å². The first-order valence-corrected chi connectivity index (χ1v) is 8.11. The zero-order valence-corrected chi connectivity index (χ0v) is 14.7. The molecule has 0 spiro atoms. The number of rotatable bonds is 6. The SMILES string of the molecule is CC(=O)Oc1ccc(C(=O)N[C@H](Cc2ccc(C(F)(F)F)cc2)C(N)=O)cc1. The molecule has 2 aromatic carbocycles. The van der Waals surface area contributed by atoms with Crippen LogP contribution >= 0.6 is 0 Å². The van der Waals surface area contributed by atoms with Gasteiger partial charge in [-0.15, -0.1) is 0 Å². The number of halogens is 3. The summed E-state index contributed by atoms with van der Waals surface area (Å²) in [4.78, 5) is 34.8. The number of alkyl halides is 3. The minimum atomic E-state index is -4.46. The molecule has 2 amide bonds. The first-order valence-electron chi connectivity index (χ1n) is 8.11. The van der Waals surface area contributed by atoms with E-state index in [0.29, 0.717) is 5.56 Å². The van der Waals surface area contributed by atoms with Gasteiger partial charge in [-0.1, -0.05) is 12.1 Å². The number of nitrogens with one attached hydrogen (secondary N) is 1. The molecule has 0 heterocycles. The van der Waals surface area contributed by atoms with Crippen molar-refractivity contribution in [3.05, 3.63) is 65.2 Å². The molecule has 0 saturated heterocycles. The summed E-state index contributed by atoms with van der Waals surface area (Å²) < 4.78 is 42.7. The minimum absolute atomic E-state index is 0.0647. The van der Waals surface area contributed by atoms with E-state index in [4.69, 9.17) is 10.5 Å². The van der Waals surface area contributed by atoms with E-state index in [2.05, 4.69) is 5.32 Å². The Balaban J connectivity index is 2.07. The first kappa shape index (κ1) is 20.9. The van der Waals surface area contributed by atoms with Crippen molar-refractivity contribution in [3.8, 4) is 5.75 Å². The number of nitrogens with two attached hydrogens (primary N) is 1. The van der Waals surface area contributed by atoms with E-state index in [-0.39, 0.29) is 17.7 Å². The molecule has 0 aliphatic rings. The molecule has 9 heteroatoms. The Morgan fingerprint density at radius 3 is 2.07 bits per heavy atom. The molecule has 0 unspecified atom stereocenters. The lowest BCUT2D eigenvalue weighted by atomic mass is 10.0. The number of carbonyl (C=O) groups is 3. The van der Waals surface area contributed by atoms with Gasteiger partial charge < -0.3 is 15.8 Å². The van der Waals surface area contributed by atoms with Crippen molar-refractivity contribution in [3.63, 3.8) is 0 Å². The summed E-state index contributed by atoms with van der Waals surface area (Å²) in [7, 11) is 0. The average molecular weight is 394 g/mol. The summed E-state index contributed by atoms with van der Waals surface area (Å²) >= 11 is 0. The molecular formula is C19H17F3N2O4. The van der Waals surface area contributed by atoms with Gasteiger partial charge in [-0.2, -0.15) is 13.2 Å². The smallest absolute Gasteiger partial charge is 0.416 e. The van der Waals surface area contributed by atoms with Gasteiger partial charge in [-0.25, -0.2) is 0 Å². The maximum Gasteiger partial charge on any atom is 0.416 e. The number of amides is 2. The highest BCUT2D eigenvalue weighted by Gasteiger charge is 2.30. The molecule has 0 radical (unpaired) electrons. The Labute approximate surface area is 158 Å². The Hall–Kier alpha value is -3.36. The van der Waals surface area contributed by atoms with Crippen LogP contribution in [-0.4, -0.2) is 23.8 Å². The predicted octanol–water partition coefficient (Wildman–Crippen LogP) is 2.46. The summed E-state index contributed by atoms with van der Waals surface area (Å²) in [5, 5.41) is 2.44. The van der Waals surface area contributed by atoms with E-state index < -0.39 is 35.6 Å². The Morgan fingerprint density at radius 1 is 1.04 bits per heavy atom. The lowest BCUT2D eigenvalue weighted by Gasteiger charge is -2.16. The number of ether oxygens (including phenoxy) is 1. The van der Waals surface area contributed by atoms with Crippen LogP contribution in [0.5, 0.6) is 5.75 Å².